The first kappa shape index (κ1) is 18.8. The monoisotopic (exact) mass is 385 g/mol. The minimum absolute atomic E-state index is 0.0336. The number of thiazole rings is 1. The quantitative estimate of drug-likeness (QED) is 0.583. The maximum absolute atomic E-state index is 12.9. The van der Waals surface area contributed by atoms with Crippen molar-refractivity contribution in [3.63, 3.8) is 0 Å². The molecule has 0 aliphatic rings. The molecule has 0 atom stereocenters. The van der Waals surface area contributed by atoms with Crippen molar-refractivity contribution in [2.75, 3.05) is 32.1 Å². The first-order chi connectivity index (χ1) is 12.5. The molecular formula is C20H23N3OS2. The lowest BCUT2D eigenvalue weighted by Crippen LogP contribution is -2.35. The number of thiophene rings is 1. The second kappa shape index (κ2) is 8.12. The van der Waals surface area contributed by atoms with Crippen LogP contribution in [0.1, 0.15) is 16.0 Å². The molecule has 0 aliphatic heterocycles. The number of carbonyl (C=O) groups excluding carboxylic acids is 1. The Morgan fingerprint density at radius 2 is 2.00 bits per heavy atom. The lowest BCUT2D eigenvalue weighted by atomic mass is 10.1. The van der Waals surface area contributed by atoms with Crippen LogP contribution in [0.2, 0.25) is 0 Å². The van der Waals surface area contributed by atoms with Crippen molar-refractivity contribution in [2.45, 2.75) is 13.8 Å². The predicted octanol–water partition coefficient (Wildman–Crippen LogP) is 4.58. The molecular weight excluding hydrogens is 362 g/mol. The van der Waals surface area contributed by atoms with E-state index >= 15 is 0 Å². The second-order valence-electron chi connectivity index (χ2n) is 6.49. The van der Waals surface area contributed by atoms with Crippen LogP contribution in [0.5, 0.6) is 0 Å². The van der Waals surface area contributed by atoms with Gasteiger partial charge >= 0.3 is 0 Å². The minimum Gasteiger partial charge on any atom is -0.308 e. The number of anilines is 1. The second-order valence-corrected chi connectivity index (χ2v) is 8.48. The maximum Gasteiger partial charge on any atom is 0.252 e. The van der Waals surface area contributed by atoms with Gasteiger partial charge < -0.3 is 4.90 Å². The molecule has 0 bridgehead atoms. The van der Waals surface area contributed by atoms with Crippen LogP contribution in [0.25, 0.3) is 16.3 Å². The number of fused-ring (bicyclic) bond motifs is 1. The minimum atomic E-state index is -0.0336. The van der Waals surface area contributed by atoms with E-state index in [1.54, 1.807) is 33.6 Å². The van der Waals surface area contributed by atoms with Crippen molar-refractivity contribution in [3.8, 4) is 0 Å². The highest BCUT2D eigenvalue weighted by Crippen LogP contribution is 2.32. The molecule has 3 aromatic rings. The normalized spacial score (nSPS) is 11.7. The molecule has 1 aromatic carbocycles. The fourth-order valence-corrected chi connectivity index (χ4v) is 4.23. The van der Waals surface area contributed by atoms with Crippen molar-refractivity contribution in [1.29, 1.82) is 0 Å². The zero-order chi connectivity index (χ0) is 18.7. The van der Waals surface area contributed by atoms with Gasteiger partial charge in [-0.25, -0.2) is 4.98 Å². The predicted molar refractivity (Wildman–Crippen MR) is 113 cm³/mol. The molecule has 0 aliphatic carbocycles. The molecule has 1 amide bonds. The van der Waals surface area contributed by atoms with E-state index in [-0.39, 0.29) is 5.91 Å². The molecule has 4 nitrogen and oxygen atoms in total. The van der Waals surface area contributed by atoms with Crippen LogP contribution >= 0.6 is 22.7 Å². The number of likely N-dealkylation sites (N-methyl/N-ethyl adjacent to an activating group) is 1. The Bertz CT molecular complexity index is 926. The van der Waals surface area contributed by atoms with E-state index in [2.05, 4.69) is 30.9 Å². The van der Waals surface area contributed by atoms with E-state index in [0.29, 0.717) is 6.54 Å². The van der Waals surface area contributed by atoms with Crippen LogP contribution in [0.15, 0.2) is 35.7 Å². The third-order valence-electron chi connectivity index (χ3n) is 4.27. The summed E-state index contributed by atoms with van der Waals surface area (Å²) in [5.74, 6) is -0.0336. The summed E-state index contributed by atoms with van der Waals surface area (Å²) < 4.78 is 1.12. The van der Waals surface area contributed by atoms with E-state index < -0.39 is 0 Å². The number of rotatable bonds is 6. The number of hydrogen-bond donors (Lipinski definition) is 0. The van der Waals surface area contributed by atoms with Crippen molar-refractivity contribution >= 4 is 50.0 Å². The van der Waals surface area contributed by atoms with E-state index in [4.69, 9.17) is 4.98 Å². The highest BCUT2D eigenvalue weighted by molar-refractivity contribution is 7.22. The fraction of sp³-hybridized carbons (Fsp3) is 0.300. The number of hydrogen-bond acceptors (Lipinski definition) is 5. The smallest absolute Gasteiger partial charge is 0.252 e. The van der Waals surface area contributed by atoms with Gasteiger partial charge in [0, 0.05) is 24.0 Å². The van der Waals surface area contributed by atoms with Gasteiger partial charge in [0.25, 0.3) is 5.91 Å². The number of nitrogens with zero attached hydrogens (tertiary/aromatic N) is 3. The van der Waals surface area contributed by atoms with Crippen molar-refractivity contribution in [2.24, 2.45) is 0 Å². The van der Waals surface area contributed by atoms with E-state index in [1.807, 2.05) is 37.7 Å². The summed E-state index contributed by atoms with van der Waals surface area (Å²) in [6, 6.07) is 8.19. The first-order valence-corrected chi connectivity index (χ1v) is 10.2. The van der Waals surface area contributed by atoms with Gasteiger partial charge in [-0.2, -0.15) is 0 Å². The van der Waals surface area contributed by atoms with Gasteiger partial charge in [0.15, 0.2) is 5.13 Å². The highest BCUT2D eigenvalue weighted by atomic mass is 32.1. The van der Waals surface area contributed by atoms with Gasteiger partial charge in [-0.3, -0.25) is 9.69 Å². The largest absolute Gasteiger partial charge is 0.308 e. The van der Waals surface area contributed by atoms with Crippen molar-refractivity contribution in [1.82, 2.24) is 9.88 Å². The molecule has 0 spiro atoms. The molecule has 0 saturated heterocycles. The van der Waals surface area contributed by atoms with Gasteiger partial charge in [0.1, 0.15) is 0 Å². The molecule has 3 rings (SSSR count). The van der Waals surface area contributed by atoms with Crippen molar-refractivity contribution in [3.05, 3.63) is 51.7 Å². The number of benzene rings is 1. The molecule has 0 fully saturated rings. The van der Waals surface area contributed by atoms with Gasteiger partial charge in [-0.15, -0.1) is 11.3 Å². The number of aryl methyl sites for hydroxylation is 2. The summed E-state index contributed by atoms with van der Waals surface area (Å²) in [5.41, 5.74) is 3.40. The van der Waals surface area contributed by atoms with E-state index in [1.165, 1.54) is 11.1 Å². The number of amides is 1. The molecule has 2 heterocycles. The summed E-state index contributed by atoms with van der Waals surface area (Å²) in [4.78, 5) is 22.6. The number of carbonyl (C=O) groups is 1. The molecule has 2 aromatic heterocycles. The fourth-order valence-electron chi connectivity index (χ4n) is 2.56. The summed E-state index contributed by atoms with van der Waals surface area (Å²) in [7, 11) is 4.02. The molecule has 0 N–H and O–H groups in total. The molecule has 0 unspecified atom stereocenters. The third kappa shape index (κ3) is 4.20. The summed E-state index contributed by atoms with van der Waals surface area (Å²) >= 11 is 3.20. The standard InChI is InChI=1S/C20H23N3OS2/c1-14-7-9-17-19(15(14)2)21-20(26-17)23(12-11-22(3)4)18(24)10-8-16-6-5-13-25-16/h5-10,13H,11-12H2,1-4H3/b10-8+. The van der Waals surface area contributed by atoms with Gasteiger partial charge in [0.05, 0.1) is 10.2 Å². The Morgan fingerprint density at radius 3 is 2.69 bits per heavy atom. The maximum atomic E-state index is 12.9. The van der Waals surface area contributed by atoms with Gasteiger partial charge in [-0.1, -0.05) is 23.5 Å². The zero-order valence-corrected chi connectivity index (χ0v) is 17.2. The zero-order valence-electron chi connectivity index (χ0n) is 15.5. The van der Waals surface area contributed by atoms with E-state index in [9.17, 15) is 4.79 Å². The van der Waals surface area contributed by atoms with Crippen LogP contribution < -0.4 is 4.90 Å². The lowest BCUT2D eigenvalue weighted by Gasteiger charge is -2.20. The average molecular weight is 386 g/mol. The highest BCUT2D eigenvalue weighted by Gasteiger charge is 2.19. The summed E-state index contributed by atoms with van der Waals surface area (Å²) in [6.07, 6.45) is 3.52. The average Bonchev–Trinajstić information content (AvgIpc) is 3.26. The molecule has 26 heavy (non-hydrogen) atoms. The Labute approximate surface area is 162 Å². The first-order valence-electron chi connectivity index (χ1n) is 8.50. The molecule has 0 saturated carbocycles. The van der Waals surface area contributed by atoms with E-state index in [0.717, 1.165) is 26.8 Å². The molecule has 0 radical (unpaired) electrons. The topological polar surface area (TPSA) is 36.4 Å². The van der Waals surface area contributed by atoms with Crippen LogP contribution in [0.4, 0.5) is 5.13 Å². The Morgan fingerprint density at radius 1 is 1.19 bits per heavy atom. The summed E-state index contributed by atoms with van der Waals surface area (Å²) in [6.45, 7) is 5.57. The van der Waals surface area contributed by atoms with Crippen molar-refractivity contribution < 1.29 is 4.79 Å². The van der Waals surface area contributed by atoms with Crippen LogP contribution in [0.3, 0.4) is 0 Å². The SMILES string of the molecule is Cc1ccc2sc(N(CCN(C)C)C(=O)/C=C/c3cccs3)nc2c1C. The Balaban J connectivity index is 1.92. The molecule has 6 heteroatoms. The van der Waals surface area contributed by atoms with Crippen LogP contribution in [-0.2, 0) is 4.79 Å². The van der Waals surface area contributed by atoms with Gasteiger partial charge in [-0.05, 0) is 62.7 Å². The number of aromatic nitrogens is 1. The Kier molecular flexibility index (Phi) is 5.86. The van der Waals surface area contributed by atoms with Crippen LogP contribution in [0, 0.1) is 13.8 Å². The molecule has 136 valence electrons. The van der Waals surface area contributed by atoms with Gasteiger partial charge in [0.2, 0.25) is 0 Å². The summed E-state index contributed by atoms with van der Waals surface area (Å²) in [5, 5.41) is 2.77. The Hall–Kier alpha value is -2.02. The third-order valence-corrected chi connectivity index (χ3v) is 6.16. The van der Waals surface area contributed by atoms with Crippen LogP contribution in [-0.4, -0.2) is 43.0 Å². The lowest BCUT2D eigenvalue weighted by molar-refractivity contribution is -0.114.